The molecule has 102 valence electrons. The monoisotopic (exact) mass is 266 g/mol. The molecule has 0 aliphatic heterocycles. The van der Waals surface area contributed by atoms with Crippen LogP contribution in [0.3, 0.4) is 0 Å². The van der Waals surface area contributed by atoms with E-state index in [-0.39, 0.29) is 5.41 Å². The Kier molecular flexibility index (Phi) is 6.76. The maximum Gasteiger partial charge on any atom is 0.0174 e. The highest BCUT2D eigenvalue weighted by atomic mass is 32.2. The van der Waals surface area contributed by atoms with Crippen molar-refractivity contribution >= 4 is 11.8 Å². The van der Waals surface area contributed by atoms with Gasteiger partial charge in [-0.2, -0.15) is 11.8 Å². The van der Waals surface area contributed by atoms with Crippen LogP contribution >= 0.6 is 11.8 Å². The molecule has 0 spiro atoms. The normalized spacial score (nSPS) is 14.7. The Balaban J connectivity index is 2.60. The Hall–Kier alpha value is -0.510. The van der Waals surface area contributed by atoms with E-state index in [9.17, 15) is 0 Å². The van der Waals surface area contributed by atoms with Gasteiger partial charge in [0.2, 0.25) is 0 Å². The highest BCUT2D eigenvalue weighted by Gasteiger charge is 2.26. The fourth-order valence-corrected chi connectivity index (χ4v) is 2.69. The lowest BCUT2D eigenvalue weighted by Crippen LogP contribution is -2.42. The van der Waals surface area contributed by atoms with Crippen LogP contribution in [-0.2, 0) is 5.41 Å². The Morgan fingerprint density at radius 3 is 2.50 bits per heavy atom. The number of likely N-dealkylation sites (N-methyl/N-ethyl adjacent to an activating group) is 1. The first-order chi connectivity index (χ1) is 8.62. The van der Waals surface area contributed by atoms with Crippen molar-refractivity contribution in [3.05, 3.63) is 35.9 Å². The van der Waals surface area contributed by atoms with Gasteiger partial charge in [0.25, 0.3) is 0 Å². The van der Waals surface area contributed by atoms with Crippen molar-refractivity contribution in [1.29, 1.82) is 0 Å². The van der Waals surface area contributed by atoms with E-state index in [2.05, 4.69) is 55.5 Å². The van der Waals surface area contributed by atoms with Gasteiger partial charge in [0.1, 0.15) is 0 Å². The fourth-order valence-electron chi connectivity index (χ4n) is 2.27. The number of hydrogen-bond donors (Lipinski definition) is 1. The van der Waals surface area contributed by atoms with Gasteiger partial charge in [-0.1, -0.05) is 37.3 Å². The van der Waals surface area contributed by atoms with Crippen molar-refractivity contribution in [2.75, 3.05) is 38.7 Å². The lowest BCUT2D eigenvalue weighted by molar-refractivity contribution is 0.260. The average Bonchev–Trinajstić information content (AvgIpc) is 2.40. The summed E-state index contributed by atoms with van der Waals surface area (Å²) in [4.78, 5) is 2.40. The van der Waals surface area contributed by atoms with Gasteiger partial charge in [0.05, 0.1) is 0 Å². The number of nitrogens with two attached hydrogens (primary N) is 1. The summed E-state index contributed by atoms with van der Waals surface area (Å²) in [7, 11) is 2.19. The van der Waals surface area contributed by atoms with Gasteiger partial charge in [-0.05, 0) is 37.6 Å². The topological polar surface area (TPSA) is 29.3 Å². The molecule has 0 bridgehead atoms. The molecule has 0 aliphatic rings. The van der Waals surface area contributed by atoms with Crippen LogP contribution in [0, 0.1) is 0 Å². The quantitative estimate of drug-likeness (QED) is 0.733. The van der Waals surface area contributed by atoms with Crippen molar-refractivity contribution in [3.8, 4) is 0 Å². The van der Waals surface area contributed by atoms with Gasteiger partial charge >= 0.3 is 0 Å². The molecule has 0 amide bonds. The smallest absolute Gasteiger partial charge is 0.0174 e. The second-order valence-corrected chi connectivity index (χ2v) is 6.20. The van der Waals surface area contributed by atoms with E-state index in [0.29, 0.717) is 6.54 Å². The zero-order valence-electron chi connectivity index (χ0n) is 11.9. The van der Waals surface area contributed by atoms with E-state index < -0.39 is 0 Å². The summed E-state index contributed by atoms with van der Waals surface area (Å²) < 4.78 is 0. The zero-order valence-corrected chi connectivity index (χ0v) is 12.7. The molecule has 1 atom stereocenters. The van der Waals surface area contributed by atoms with Crippen molar-refractivity contribution in [3.63, 3.8) is 0 Å². The summed E-state index contributed by atoms with van der Waals surface area (Å²) in [5.41, 5.74) is 7.40. The highest BCUT2D eigenvalue weighted by molar-refractivity contribution is 7.98. The molecule has 18 heavy (non-hydrogen) atoms. The Morgan fingerprint density at radius 1 is 1.28 bits per heavy atom. The van der Waals surface area contributed by atoms with E-state index in [1.165, 1.54) is 17.7 Å². The zero-order chi connectivity index (χ0) is 13.4. The summed E-state index contributed by atoms with van der Waals surface area (Å²) in [6.07, 6.45) is 3.40. The van der Waals surface area contributed by atoms with Crippen molar-refractivity contribution in [2.45, 2.75) is 18.8 Å². The second-order valence-electron chi connectivity index (χ2n) is 5.21. The van der Waals surface area contributed by atoms with Crippen LogP contribution in [0.1, 0.15) is 18.9 Å². The number of nitrogens with zero attached hydrogens (tertiary/aromatic N) is 1. The van der Waals surface area contributed by atoms with Crippen LogP contribution in [-0.4, -0.2) is 43.6 Å². The maximum absolute atomic E-state index is 6.01. The van der Waals surface area contributed by atoms with Gasteiger partial charge in [0.15, 0.2) is 0 Å². The molecular formula is C15H26N2S. The van der Waals surface area contributed by atoms with Crippen LogP contribution < -0.4 is 5.73 Å². The van der Waals surface area contributed by atoms with E-state index >= 15 is 0 Å². The predicted octanol–water partition coefficient (Wildman–Crippen LogP) is 2.59. The molecule has 3 heteroatoms. The number of thioether (sulfide) groups is 1. The molecule has 0 heterocycles. The molecule has 1 rings (SSSR count). The first-order valence-electron chi connectivity index (χ1n) is 6.55. The Labute approximate surface area is 116 Å². The molecule has 2 N–H and O–H groups in total. The summed E-state index contributed by atoms with van der Waals surface area (Å²) in [6.45, 7) is 5.10. The van der Waals surface area contributed by atoms with Crippen molar-refractivity contribution in [2.24, 2.45) is 5.73 Å². The Morgan fingerprint density at radius 2 is 1.94 bits per heavy atom. The first kappa shape index (κ1) is 15.5. The first-order valence-corrected chi connectivity index (χ1v) is 7.95. The average molecular weight is 266 g/mol. The van der Waals surface area contributed by atoms with Gasteiger partial charge in [-0.25, -0.2) is 0 Å². The van der Waals surface area contributed by atoms with Crippen molar-refractivity contribution < 1.29 is 0 Å². The minimum Gasteiger partial charge on any atom is -0.330 e. The highest BCUT2D eigenvalue weighted by Crippen LogP contribution is 2.23. The molecule has 0 saturated carbocycles. The van der Waals surface area contributed by atoms with E-state index in [1.54, 1.807) is 0 Å². The molecule has 0 fully saturated rings. The molecule has 2 nitrogen and oxygen atoms in total. The number of rotatable bonds is 8. The van der Waals surface area contributed by atoms with E-state index in [0.717, 1.165) is 13.1 Å². The van der Waals surface area contributed by atoms with Crippen LogP contribution in [0.15, 0.2) is 30.3 Å². The Bertz CT molecular complexity index is 329. The van der Waals surface area contributed by atoms with E-state index in [1.807, 2.05) is 11.8 Å². The summed E-state index contributed by atoms with van der Waals surface area (Å²) in [5.74, 6) is 1.23. The molecule has 0 radical (unpaired) electrons. The third-order valence-electron chi connectivity index (χ3n) is 3.43. The molecule has 0 saturated heterocycles. The molecule has 1 aromatic carbocycles. The predicted molar refractivity (Wildman–Crippen MR) is 83.3 cm³/mol. The lowest BCUT2D eigenvalue weighted by Gasteiger charge is -2.33. The second kappa shape index (κ2) is 7.82. The van der Waals surface area contributed by atoms with Crippen LogP contribution in [0.5, 0.6) is 0 Å². The number of hydrogen-bond acceptors (Lipinski definition) is 3. The molecule has 0 aromatic heterocycles. The number of benzene rings is 1. The maximum atomic E-state index is 6.01. The molecular weight excluding hydrogens is 240 g/mol. The minimum atomic E-state index is 0.0510. The van der Waals surface area contributed by atoms with Gasteiger partial charge < -0.3 is 10.6 Å². The molecule has 1 aromatic rings. The van der Waals surface area contributed by atoms with Crippen LogP contribution in [0.2, 0.25) is 0 Å². The third kappa shape index (κ3) is 4.63. The summed E-state index contributed by atoms with van der Waals surface area (Å²) in [5, 5.41) is 0. The molecule has 1 unspecified atom stereocenters. The van der Waals surface area contributed by atoms with E-state index in [4.69, 9.17) is 5.73 Å². The minimum absolute atomic E-state index is 0.0510. The van der Waals surface area contributed by atoms with Crippen LogP contribution in [0.4, 0.5) is 0 Å². The summed E-state index contributed by atoms with van der Waals surface area (Å²) in [6, 6.07) is 10.6. The largest absolute Gasteiger partial charge is 0.330 e. The third-order valence-corrected chi connectivity index (χ3v) is 4.13. The van der Waals surface area contributed by atoms with Gasteiger partial charge in [-0.15, -0.1) is 0 Å². The standard InChI is InChI=1S/C15H26N2S/c1-15(12-16,14-8-5-4-6-9-14)13-17(2)10-7-11-18-3/h4-6,8-9H,7,10-13,16H2,1-3H3. The molecule has 0 aliphatic carbocycles. The van der Waals surface area contributed by atoms with Crippen molar-refractivity contribution in [1.82, 2.24) is 4.90 Å². The van der Waals surface area contributed by atoms with Gasteiger partial charge in [-0.3, -0.25) is 0 Å². The SMILES string of the molecule is CSCCCN(C)CC(C)(CN)c1ccccc1. The fraction of sp³-hybridized carbons (Fsp3) is 0.600. The lowest BCUT2D eigenvalue weighted by atomic mass is 9.82. The van der Waals surface area contributed by atoms with Gasteiger partial charge in [0, 0.05) is 18.5 Å². The summed E-state index contributed by atoms with van der Waals surface area (Å²) >= 11 is 1.91. The van der Waals surface area contributed by atoms with Crippen LogP contribution in [0.25, 0.3) is 0 Å².